The number of carboxylic acids is 1. The molecule has 108 valence electrons. The van der Waals surface area contributed by atoms with Crippen LogP contribution < -0.4 is 5.32 Å². The highest BCUT2D eigenvalue weighted by molar-refractivity contribution is 7.11. The third-order valence-electron chi connectivity index (χ3n) is 2.76. The van der Waals surface area contributed by atoms with Gasteiger partial charge in [-0.3, -0.25) is 4.79 Å². The predicted octanol–water partition coefficient (Wildman–Crippen LogP) is 4.06. The molecule has 2 N–H and O–H groups in total. The van der Waals surface area contributed by atoms with Gasteiger partial charge in [0, 0.05) is 11.0 Å². The maximum absolute atomic E-state index is 11.9. The van der Waals surface area contributed by atoms with Gasteiger partial charge < -0.3 is 10.4 Å². The molecule has 2 aromatic rings. The second kappa shape index (κ2) is 6.56. The number of hydrogen-bond donors (Lipinski definition) is 2. The summed E-state index contributed by atoms with van der Waals surface area (Å²) >= 11 is 7.48. The van der Waals surface area contributed by atoms with E-state index in [1.165, 1.54) is 35.6 Å². The van der Waals surface area contributed by atoms with Crippen molar-refractivity contribution in [1.29, 1.82) is 0 Å². The van der Waals surface area contributed by atoms with Crippen molar-refractivity contribution in [3.05, 3.63) is 56.7 Å². The molecule has 1 aromatic carbocycles. The molecule has 0 aliphatic rings. The molecule has 1 heterocycles. The summed E-state index contributed by atoms with van der Waals surface area (Å²) in [6.07, 6.45) is 3.10. The Morgan fingerprint density at radius 3 is 2.71 bits per heavy atom. The van der Waals surface area contributed by atoms with Crippen LogP contribution in [-0.2, 0) is 4.79 Å². The topological polar surface area (TPSA) is 66.4 Å². The van der Waals surface area contributed by atoms with Gasteiger partial charge in [-0.25, -0.2) is 4.79 Å². The van der Waals surface area contributed by atoms with E-state index in [1.54, 1.807) is 6.08 Å². The maximum Gasteiger partial charge on any atom is 0.335 e. The lowest BCUT2D eigenvalue weighted by Crippen LogP contribution is -2.09. The van der Waals surface area contributed by atoms with E-state index in [0.29, 0.717) is 0 Å². The van der Waals surface area contributed by atoms with Gasteiger partial charge in [-0.2, -0.15) is 0 Å². The van der Waals surface area contributed by atoms with Crippen molar-refractivity contribution in [2.24, 2.45) is 0 Å². The molecule has 0 aliphatic heterocycles. The Morgan fingerprint density at radius 2 is 2.10 bits per heavy atom. The molecular weight excluding hydrogens is 310 g/mol. The first kappa shape index (κ1) is 15.3. The summed E-state index contributed by atoms with van der Waals surface area (Å²) in [6.45, 7) is 1.96. The third kappa shape index (κ3) is 3.93. The fourth-order valence-corrected chi connectivity index (χ4v) is 2.62. The van der Waals surface area contributed by atoms with Crippen molar-refractivity contribution < 1.29 is 14.7 Å². The van der Waals surface area contributed by atoms with E-state index in [9.17, 15) is 9.59 Å². The normalized spacial score (nSPS) is 10.8. The summed E-state index contributed by atoms with van der Waals surface area (Å²) in [5.41, 5.74) is 1.43. The quantitative estimate of drug-likeness (QED) is 0.834. The number of carbonyl (C=O) groups excluding carboxylic acids is 1. The van der Waals surface area contributed by atoms with Gasteiger partial charge in [0.1, 0.15) is 0 Å². The molecule has 21 heavy (non-hydrogen) atoms. The molecule has 6 heteroatoms. The van der Waals surface area contributed by atoms with Crippen molar-refractivity contribution >= 4 is 46.6 Å². The number of hydrogen-bond acceptors (Lipinski definition) is 3. The number of aromatic carboxylic acids is 1. The Balaban J connectivity index is 2.13. The number of nitrogens with one attached hydrogen (secondary N) is 1. The van der Waals surface area contributed by atoms with Gasteiger partial charge >= 0.3 is 5.97 Å². The second-order valence-corrected chi connectivity index (χ2v) is 5.65. The Labute approximate surface area is 130 Å². The van der Waals surface area contributed by atoms with E-state index in [-0.39, 0.29) is 22.2 Å². The van der Waals surface area contributed by atoms with E-state index in [4.69, 9.17) is 16.7 Å². The molecule has 0 saturated heterocycles. The van der Waals surface area contributed by atoms with Gasteiger partial charge in [0.15, 0.2) is 0 Å². The van der Waals surface area contributed by atoms with Crippen LogP contribution in [0.25, 0.3) is 6.08 Å². The minimum absolute atomic E-state index is 0.0628. The van der Waals surface area contributed by atoms with Crippen LogP contribution in [-0.4, -0.2) is 17.0 Å². The van der Waals surface area contributed by atoms with Gasteiger partial charge in [-0.15, -0.1) is 11.3 Å². The highest BCUT2D eigenvalue weighted by Gasteiger charge is 2.09. The first-order valence-electron chi connectivity index (χ1n) is 6.03. The molecule has 0 aliphatic carbocycles. The average Bonchev–Trinajstić information content (AvgIpc) is 2.84. The molecule has 0 radical (unpaired) electrons. The summed E-state index contributed by atoms with van der Waals surface area (Å²) in [5, 5.41) is 13.7. The van der Waals surface area contributed by atoms with Crippen molar-refractivity contribution in [3.8, 4) is 0 Å². The Hall–Kier alpha value is -2.11. The van der Waals surface area contributed by atoms with Crippen LogP contribution in [0, 0.1) is 6.92 Å². The van der Waals surface area contributed by atoms with E-state index in [0.717, 1.165) is 10.4 Å². The molecule has 1 amide bonds. The summed E-state index contributed by atoms with van der Waals surface area (Å²) in [7, 11) is 0. The fraction of sp³-hybridized carbons (Fsp3) is 0.0667. The lowest BCUT2D eigenvalue weighted by atomic mass is 10.2. The fourth-order valence-electron chi connectivity index (χ4n) is 1.64. The molecule has 0 atom stereocenters. The number of carboxylic acid groups (broad SMARTS) is 1. The van der Waals surface area contributed by atoms with Crippen molar-refractivity contribution in [3.63, 3.8) is 0 Å². The summed E-state index contributed by atoms with van der Waals surface area (Å²) in [5.74, 6) is -1.45. The number of rotatable bonds is 4. The van der Waals surface area contributed by atoms with Gasteiger partial charge in [0.2, 0.25) is 5.91 Å². The minimum Gasteiger partial charge on any atom is -0.478 e. The third-order valence-corrected chi connectivity index (χ3v) is 4.07. The van der Waals surface area contributed by atoms with E-state index < -0.39 is 5.97 Å². The minimum atomic E-state index is -1.08. The molecule has 0 bridgehead atoms. The van der Waals surface area contributed by atoms with Crippen LogP contribution >= 0.6 is 22.9 Å². The van der Waals surface area contributed by atoms with E-state index in [1.807, 2.05) is 18.4 Å². The summed E-state index contributed by atoms with van der Waals surface area (Å²) < 4.78 is 0. The standard InChI is InChI=1S/C15H12ClNO3S/c1-9-6-7-21-13(9)4-5-14(18)17-12-8-10(15(19)20)2-3-11(12)16/h2-8H,1H3,(H,17,18)(H,19,20)/b5-4+. The molecule has 0 spiro atoms. The van der Waals surface area contributed by atoms with Crippen molar-refractivity contribution in [2.75, 3.05) is 5.32 Å². The summed E-state index contributed by atoms with van der Waals surface area (Å²) in [6, 6.07) is 6.11. The Morgan fingerprint density at radius 1 is 1.33 bits per heavy atom. The van der Waals surface area contributed by atoms with Crippen LogP contribution in [0.4, 0.5) is 5.69 Å². The monoisotopic (exact) mass is 321 g/mol. The van der Waals surface area contributed by atoms with Crippen LogP contribution in [0.2, 0.25) is 5.02 Å². The van der Waals surface area contributed by atoms with Gasteiger partial charge in [0.25, 0.3) is 0 Å². The summed E-state index contributed by atoms with van der Waals surface area (Å²) in [4.78, 5) is 23.7. The molecule has 0 unspecified atom stereocenters. The van der Waals surface area contributed by atoms with Crippen LogP contribution in [0.3, 0.4) is 0 Å². The first-order valence-corrected chi connectivity index (χ1v) is 7.29. The molecular formula is C15H12ClNO3S. The molecule has 1 aromatic heterocycles. The number of carbonyl (C=O) groups is 2. The van der Waals surface area contributed by atoms with Gasteiger partial charge in [0.05, 0.1) is 16.3 Å². The van der Waals surface area contributed by atoms with E-state index in [2.05, 4.69) is 5.32 Å². The van der Waals surface area contributed by atoms with Crippen LogP contribution in [0.15, 0.2) is 35.7 Å². The Kier molecular flexibility index (Phi) is 4.77. The largest absolute Gasteiger partial charge is 0.478 e. The van der Waals surface area contributed by atoms with Crippen molar-refractivity contribution in [2.45, 2.75) is 6.92 Å². The number of aryl methyl sites for hydroxylation is 1. The zero-order valence-electron chi connectivity index (χ0n) is 11.1. The maximum atomic E-state index is 11.9. The highest BCUT2D eigenvalue weighted by atomic mass is 35.5. The van der Waals surface area contributed by atoms with Gasteiger partial charge in [-0.1, -0.05) is 11.6 Å². The number of amides is 1. The van der Waals surface area contributed by atoms with Gasteiger partial charge in [-0.05, 0) is 48.2 Å². The molecule has 4 nitrogen and oxygen atoms in total. The average molecular weight is 322 g/mol. The van der Waals surface area contributed by atoms with Crippen molar-refractivity contribution in [1.82, 2.24) is 0 Å². The number of thiophene rings is 1. The lowest BCUT2D eigenvalue weighted by molar-refractivity contribution is -0.111. The van der Waals surface area contributed by atoms with E-state index >= 15 is 0 Å². The first-order chi connectivity index (χ1) is 9.97. The lowest BCUT2D eigenvalue weighted by Gasteiger charge is -2.06. The molecule has 0 saturated carbocycles. The number of halogens is 1. The van der Waals surface area contributed by atoms with Crippen LogP contribution in [0.5, 0.6) is 0 Å². The highest BCUT2D eigenvalue weighted by Crippen LogP contribution is 2.23. The van der Waals surface area contributed by atoms with Crippen LogP contribution in [0.1, 0.15) is 20.8 Å². The number of benzene rings is 1. The smallest absolute Gasteiger partial charge is 0.335 e. The molecule has 2 rings (SSSR count). The zero-order valence-corrected chi connectivity index (χ0v) is 12.7. The Bertz CT molecular complexity index is 721. The zero-order chi connectivity index (χ0) is 15.4. The second-order valence-electron chi connectivity index (χ2n) is 4.29. The SMILES string of the molecule is Cc1ccsc1/C=C/C(=O)Nc1cc(C(=O)O)ccc1Cl. The molecule has 0 fully saturated rings. The predicted molar refractivity (Wildman–Crippen MR) is 85.1 cm³/mol. The number of anilines is 1.